The highest BCUT2D eigenvalue weighted by molar-refractivity contribution is 7.92. The minimum absolute atomic E-state index is 0.345. The molecule has 4 rings (SSSR count). The molecule has 0 unspecified atom stereocenters. The molecule has 3 aromatic carbocycles. The number of amides is 1. The Kier molecular flexibility index (Phi) is 6.02. The summed E-state index contributed by atoms with van der Waals surface area (Å²) in [6.45, 7) is 3.78. The fraction of sp³-hybridized carbons (Fsp3) is 0.120. The molecule has 4 aromatic rings. The average Bonchev–Trinajstić information content (AvgIpc) is 3.21. The van der Waals surface area contributed by atoms with E-state index in [2.05, 4.69) is 10.0 Å². The molecule has 8 heteroatoms. The third kappa shape index (κ3) is 5.30. The van der Waals surface area contributed by atoms with Gasteiger partial charge >= 0.3 is 0 Å². The summed E-state index contributed by atoms with van der Waals surface area (Å²) in [5.74, 6) is -0.345. The number of sulfonamides is 1. The van der Waals surface area contributed by atoms with Crippen LogP contribution in [0, 0.1) is 13.8 Å². The molecule has 0 atom stereocenters. The number of aryl methyl sites for hydroxylation is 2. The van der Waals surface area contributed by atoms with Crippen LogP contribution in [0.15, 0.2) is 79.0 Å². The first-order valence-corrected chi connectivity index (χ1v) is 12.2. The van der Waals surface area contributed by atoms with Crippen LogP contribution in [0.2, 0.25) is 0 Å². The quantitative estimate of drug-likeness (QED) is 0.433. The SMILES string of the molecule is Cc1cccc(-c2nn(-c3ccccc3)cc2C(=O)Nc2ccc(C)c(NS(C)(=O)=O)c2)c1. The number of nitrogens with zero attached hydrogens (tertiary/aromatic N) is 2. The minimum Gasteiger partial charge on any atom is -0.322 e. The second-order valence-electron chi connectivity index (χ2n) is 7.90. The van der Waals surface area contributed by atoms with E-state index in [4.69, 9.17) is 5.10 Å². The number of nitrogens with one attached hydrogen (secondary N) is 2. The van der Waals surface area contributed by atoms with Crippen LogP contribution in [-0.2, 0) is 10.0 Å². The summed E-state index contributed by atoms with van der Waals surface area (Å²) in [7, 11) is -3.45. The fourth-order valence-electron chi connectivity index (χ4n) is 3.47. The zero-order valence-corrected chi connectivity index (χ0v) is 19.3. The highest BCUT2D eigenvalue weighted by atomic mass is 32.2. The molecule has 1 heterocycles. The summed E-state index contributed by atoms with van der Waals surface area (Å²) in [5.41, 5.74) is 5.32. The van der Waals surface area contributed by atoms with E-state index < -0.39 is 10.0 Å². The van der Waals surface area contributed by atoms with Gasteiger partial charge in [-0.2, -0.15) is 5.10 Å². The van der Waals surface area contributed by atoms with Gasteiger partial charge in [0.1, 0.15) is 5.69 Å². The Morgan fingerprint density at radius 3 is 2.39 bits per heavy atom. The number of aromatic nitrogens is 2. The normalized spacial score (nSPS) is 11.2. The predicted molar refractivity (Wildman–Crippen MR) is 131 cm³/mol. The van der Waals surface area contributed by atoms with Crippen LogP contribution in [0.25, 0.3) is 16.9 Å². The topological polar surface area (TPSA) is 93.1 Å². The van der Waals surface area contributed by atoms with E-state index in [0.717, 1.165) is 28.6 Å². The van der Waals surface area contributed by atoms with Crippen molar-refractivity contribution in [2.75, 3.05) is 16.3 Å². The Labute approximate surface area is 193 Å². The van der Waals surface area contributed by atoms with Crippen LogP contribution in [0.3, 0.4) is 0 Å². The maximum Gasteiger partial charge on any atom is 0.259 e. The van der Waals surface area contributed by atoms with Gasteiger partial charge in [0.2, 0.25) is 10.0 Å². The third-order valence-electron chi connectivity index (χ3n) is 5.06. The van der Waals surface area contributed by atoms with E-state index in [-0.39, 0.29) is 5.91 Å². The molecule has 0 radical (unpaired) electrons. The number of hydrogen-bond donors (Lipinski definition) is 2. The van der Waals surface area contributed by atoms with Crippen LogP contribution < -0.4 is 10.0 Å². The number of carbonyl (C=O) groups is 1. The van der Waals surface area contributed by atoms with Crippen LogP contribution in [0.1, 0.15) is 21.5 Å². The van der Waals surface area contributed by atoms with Gasteiger partial charge in [-0.3, -0.25) is 9.52 Å². The summed E-state index contributed by atoms with van der Waals surface area (Å²) in [5, 5.41) is 7.57. The molecular formula is C25H24N4O3S. The first-order valence-electron chi connectivity index (χ1n) is 10.3. The molecule has 0 fully saturated rings. The minimum atomic E-state index is -3.45. The summed E-state index contributed by atoms with van der Waals surface area (Å²) in [4.78, 5) is 13.3. The molecule has 7 nitrogen and oxygen atoms in total. The fourth-order valence-corrected chi connectivity index (χ4v) is 4.09. The maximum absolute atomic E-state index is 13.3. The lowest BCUT2D eigenvalue weighted by Gasteiger charge is -2.11. The van der Waals surface area contributed by atoms with Gasteiger partial charge in [0.15, 0.2) is 0 Å². The first kappa shape index (κ1) is 22.3. The van der Waals surface area contributed by atoms with Crippen LogP contribution in [0.5, 0.6) is 0 Å². The van der Waals surface area contributed by atoms with Crippen molar-refractivity contribution in [2.24, 2.45) is 0 Å². The van der Waals surface area contributed by atoms with Gasteiger partial charge in [-0.1, -0.05) is 48.0 Å². The van der Waals surface area contributed by atoms with Gasteiger partial charge in [-0.15, -0.1) is 0 Å². The molecule has 0 saturated carbocycles. The molecule has 0 aliphatic carbocycles. The summed E-state index contributed by atoms with van der Waals surface area (Å²) < 4.78 is 27.5. The second-order valence-corrected chi connectivity index (χ2v) is 9.65. The van der Waals surface area contributed by atoms with Gasteiger partial charge in [-0.25, -0.2) is 13.1 Å². The lowest BCUT2D eigenvalue weighted by Crippen LogP contribution is -2.14. The van der Waals surface area contributed by atoms with Crippen molar-refractivity contribution in [2.45, 2.75) is 13.8 Å². The summed E-state index contributed by atoms with van der Waals surface area (Å²) in [6, 6.07) is 22.5. The van der Waals surface area contributed by atoms with Gasteiger partial charge in [0.25, 0.3) is 5.91 Å². The van der Waals surface area contributed by atoms with Crippen molar-refractivity contribution < 1.29 is 13.2 Å². The van der Waals surface area contributed by atoms with Crippen molar-refractivity contribution in [3.63, 3.8) is 0 Å². The second kappa shape index (κ2) is 8.91. The third-order valence-corrected chi connectivity index (χ3v) is 5.65. The van der Waals surface area contributed by atoms with Crippen molar-refractivity contribution in [3.05, 3.63) is 95.7 Å². The van der Waals surface area contributed by atoms with E-state index >= 15 is 0 Å². The Hall–Kier alpha value is -3.91. The lowest BCUT2D eigenvalue weighted by atomic mass is 10.1. The van der Waals surface area contributed by atoms with E-state index in [0.29, 0.717) is 22.6 Å². The molecular weight excluding hydrogens is 436 g/mol. The first-order chi connectivity index (χ1) is 15.7. The number of hydrogen-bond acceptors (Lipinski definition) is 4. The monoisotopic (exact) mass is 460 g/mol. The van der Waals surface area contributed by atoms with E-state index in [1.54, 1.807) is 36.0 Å². The van der Waals surface area contributed by atoms with Crippen LogP contribution >= 0.6 is 0 Å². The number of rotatable bonds is 6. The standard InChI is InChI=1S/C25H24N4O3S/c1-17-8-7-9-19(14-17)24-22(16-29(27-24)21-10-5-4-6-11-21)25(30)26-20-13-12-18(2)23(15-20)28-33(3,31)32/h4-16,28H,1-3H3,(H,26,30). The Morgan fingerprint density at radius 1 is 0.939 bits per heavy atom. The van der Waals surface area contributed by atoms with E-state index in [1.165, 1.54) is 0 Å². The van der Waals surface area contributed by atoms with Crippen LogP contribution in [0.4, 0.5) is 11.4 Å². The van der Waals surface area contributed by atoms with Crippen LogP contribution in [-0.4, -0.2) is 30.4 Å². The molecule has 2 N–H and O–H groups in total. The molecule has 168 valence electrons. The number of benzene rings is 3. The number of para-hydroxylation sites is 1. The van der Waals surface area contributed by atoms with Crippen molar-refractivity contribution in [1.82, 2.24) is 9.78 Å². The Morgan fingerprint density at radius 2 is 1.70 bits per heavy atom. The van der Waals surface area contributed by atoms with Crippen molar-refractivity contribution in [3.8, 4) is 16.9 Å². The predicted octanol–water partition coefficient (Wildman–Crippen LogP) is 4.78. The van der Waals surface area contributed by atoms with Crippen molar-refractivity contribution in [1.29, 1.82) is 0 Å². The maximum atomic E-state index is 13.3. The van der Waals surface area contributed by atoms with Gasteiger partial charge in [0, 0.05) is 17.4 Å². The molecule has 0 spiro atoms. The largest absolute Gasteiger partial charge is 0.322 e. The van der Waals surface area contributed by atoms with Crippen molar-refractivity contribution >= 4 is 27.3 Å². The number of carbonyl (C=O) groups excluding carboxylic acids is 1. The van der Waals surface area contributed by atoms with E-state index in [9.17, 15) is 13.2 Å². The molecule has 33 heavy (non-hydrogen) atoms. The lowest BCUT2D eigenvalue weighted by molar-refractivity contribution is 0.102. The van der Waals surface area contributed by atoms with Gasteiger partial charge in [-0.05, 0) is 49.7 Å². The smallest absolute Gasteiger partial charge is 0.259 e. The van der Waals surface area contributed by atoms with E-state index in [1.807, 2.05) is 61.5 Å². The highest BCUT2D eigenvalue weighted by Crippen LogP contribution is 2.27. The molecule has 1 aromatic heterocycles. The zero-order chi connectivity index (χ0) is 23.6. The molecule has 1 amide bonds. The Bertz CT molecular complexity index is 1430. The molecule has 0 aliphatic heterocycles. The average molecular weight is 461 g/mol. The van der Waals surface area contributed by atoms with Gasteiger partial charge in [0.05, 0.1) is 23.2 Å². The summed E-state index contributed by atoms with van der Waals surface area (Å²) >= 11 is 0. The number of anilines is 2. The molecule has 0 saturated heterocycles. The zero-order valence-electron chi connectivity index (χ0n) is 18.5. The highest BCUT2D eigenvalue weighted by Gasteiger charge is 2.19. The van der Waals surface area contributed by atoms with Gasteiger partial charge < -0.3 is 5.32 Å². The Balaban J connectivity index is 1.73. The molecule has 0 bridgehead atoms. The summed E-state index contributed by atoms with van der Waals surface area (Å²) in [6.07, 6.45) is 2.79. The molecule has 0 aliphatic rings.